The Morgan fingerprint density at radius 2 is 2.06 bits per heavy atom. The number of halogens is 1. The van der Waals surface area contributed by atoms with Crippen LogP contribution in [0.3, 0.4) is 0 Å². The van der Waals surface area contributed by atoms with Crippen LogP contribution in [0.1, 0.15) is 25.5 Å². The van der Waals surface area contributed by atoms with Crippen molar-refractivity contribution in [1.82, 2.24) is 5.32 Å². The molecule has 0 aliphatic heterocycles. The zero-order valence-corrected chi connectivity index (χ0v) is 11.3. The largest absolute Gasteiger partial charge is 0.495 e. The Balaban J connectivity index is 2.59. The molecule has 0 heterocycles. The topological polar surface area (TPSA) is 41.5 Å². The summed E-state index contributed by atoms with van der Waals surface area (Å²) in [5, 5.41) is 13.7. The zero-order valence-electron chi connectivity index (χ0n) is 10.5. The second kappa shape index (κ2) is 6.84. The lowest BCUT2D eigenvalue weighted by Crippen LogP contribution is -2.25. The van der Waals surface area contributed by atoms with Crippen LogP contribution in [0.4, 0.5) is 0 Å². The van der Waals surface area contributed by atoms with E-state index in [0.29, 0.717) is 23.2 Å². The van der Waals surface area contributed by atoms with Crippen molar-refractivity contribution in [3.63, 3.8) is 0 Å². The van der Waals surface area contributed by atoms with Gasteiger partial charge in [0.05, 0.1) is 18.2 Å². The van der Waals surface area contributed by atoms with Crippen LogP contribution >= 0.6 is 11.6 Å². The number of rotatable bonds is 6. The molecule has 0 fully saturated rings. The number of ether oxygens (including phenoxy) is 1. The molecule has 0 aromatic heterocycles. The minimum absolute atomic E-state index is 0.531. The smallest absolute Gasteiger partial charge is 0.137 e. The first-order valence-corrected chi connectivity index (χ1v) is 6.14. The molecule has 2 N–H and O–H groups in total. The van der Waals surface area contributed by atoms with Gasteiger partial charge in [0, 0.05) is 6.54 Å². The number of aliphatic hydroxyl groups excluding tert-OH is 1. The van der Waals surface area contributed by atoms with Gasteiger partial charge in [-0.25, -0.2) is 0 Å². The van der Waals surface area contributed by atoms with Crippen molar-refractivity contribution < 1.29 is 9.84 Å². The molecule has 0 saturated heterocycles. The first-order valence-electron chi connectivity index (χ1n) is 5.76. The SMILES string of the molecule is COc1cc(C(O)CNCC(C)C)ccc1Cl. The number of aliphatic hydroxyl groups is 1. The monoisotopic (exact) mass is 257 g/mol. The van der Waals surface area contributed by atoms with Crippen molar-refractivity contribution in [2.24, 2.45) is 5.92 Å². The second-order valence-electron chi connectivity index (χ2n) is 4.46. The molecule has 0 aliphatic carbocycles. The van der Waals surface area contributed by atoms with E-state index in [2.05, 4.69) is 19.2 Å². The predicted octanol–water partition coefficient (Wildman–Crippen LogP) is 2.63. The summed E-state index contributed by atoms with van der Waals surface area (Å²) in [6.45, 7) is 5.68. The lowest BCUT2D eigenvalue weighted by Gasteiger charge is -2.14. The van der Waals surface area contributed by atoms with E-state index < -0.39 is 6.10 Å². The molecule has 4 heteroatoms. The molecular formula is C13H20ClNO2. The van der Waals surface area contributed by atoms with E-state index in [9.17, 15) is 5.11 Å². The molecule has 0 saturated carbocycles. The van der Waals surface area contributed by atoms with E-state index in [1.807, 2.05) is 6.07 Å². The van der Waals surface area contributed by atoms with Crippen molar-refractivity contribution in [3.05, 3.63) is 28.8 Å². The second-order valence-corrected chi connectivity index (χ2v) is 4.87. The van der Waals surface area contributed by atoms with Gasteiger partial charge in [0.25, 0.3) is 0 Å². The standard InChI is InChI=1S/C13H20ClNO2/c1-9(2)7-15-8-12(16)10-4-5-11(14)13(6-10)17-3/h4-6,9,12,15-16H,7-8H2,1-3H3. The number of hydrogen-bond acceptors (Lipinski definition) is 3. The van der Waals surface area contributed by atoms with Crippen LogP contribution in [-0.4, -0.2) is 25.3 Å². The van der Waals surface area contributed by atoms with E-state index in [4.69, 9.17) is 16.3 Å². The Bertz CT molecular complexity index is 355. The molecule has 0 amide bonds. The van der Waals surface area contributed by atoms with Crippen molar-refractivity contribution in [2.45, 2.75) is 20.0 Å². The van der Waals surface area contributed by atoms with Gasteiger partial charge in [-0.05, 0) is 30.2 Å². The van der Waals surface area contributed by atoms with E-state index in [1.165, 1.54) is 0 Å². The maximum atomic E-state index is 9.98. The maximum Gasteiger partial charge on any atom is 0.137 e. The first-order chi connectivity index (χ1) is 8.04. The van der Waals surface area contributed by atoms with E-state index in [1.54, 1.807) is 19.2 Å². The summed E-state index contributed by atoms with van der Waals surface area (Å²) in [6.07, 6.45) is -0.542. The molecule has 0 spiro atoms. The maximum absolute atomic E-state index is 9.98. The fourth-order valence-corrected chi connectivity index (χ4v) is 1.70. The Morgan fingerprint density at radius 1 is 1.35 bits per heavy atom. The van der Waals surface area contributed by atoms with Gasteiger partial charge in [0.1, 0.15) is 5.75 Å². The molecule has 1 rings (SSSR count). The average Bonchev–Trinajstić information content (AvgIpc) is 2.29. The van der Waals surface area contributed by atoms with E-state index >= 15 is 0 Å². The Labute approximate surface area is 108 Å². The lowest BCUT2D eigenvalue weighted by atomic mass is 10.1. The molecule has 0 aliphatic rings. The number of methoxy groups -OCH3 is 1. The normalized spacial score (nSPS) is 12.8. The van der Waals surface area contributed by atoms with Gasteiger partial charge >= 0.3 is 0 Å². The first kappa shape index (κ1) is 14.3. The van der Waals surface area contributed by atoms with Gasteiger partial charge in [-0.15, -0.1) is 0 Å². The van der Waals surface area contributed by atoms with Crippen molar-refractivity contribution in [2.75, 3.05) is 20.2 Å². The van der Waals surface area contributed by atoms with Crippen LogP contribution in [0.5, 0.6) is 5.75 Å². The van der Waals surface area contributed by atoms with Crippen LogP contribution in [0.25, 0.3) is 0 Å². The third-order valence-electron chi connectivity index (χ3n) is 2.45. The van der Waals surface area contributed by atoms with Gasteiger partial charge in [0.2, 0.25) is 0 Å². The highest BCUT2D eigenvalue weighted by molar-refractivity contribution is 6.32. The summed E-state index contributed by atoms with van der Waals surface area (Å²) in [5.74, 6) is 1.16. The summed E-state index contributed by atoms with van der Waals surface area (Å²) in [7, 11) is 1.56. The van der Waals surface area contributed by atoms with Gasteiger partial charge in [-0.2, -0.15) is 0 Å². The van der Waals surface area contributed by atoms with Crippen molar-refractivity contribution >= 4 is 11.6 Å². The summed E-state index contributed by atoms with van der Waals surface area (Å²) in [4.78, 5) is 0. The Kier molecular flexibility index (Phi) is 5.75. The minimum Gasteiger partial charge on any atom is -0.495 e. The molecular weight excluding hydrogens is 238 g/mol. The molecule has 1 unspecified atom stereocenters. The quantitative estimate of drug-likeness (QED) is 0.823. The molecule has 17 heavy (non-hydrogen) atoms. The highest BCUT2D eigenvalue weighted by Gasteiger charge is 2.10. The van der Waals surface area contributed by atoms with E-state index in [0.717, 1.165) is 12.1 Å². The van der Waals surface area contributed by atoms with Crippen molar-refractivity contribution in [3.8, 4) is 5.75 Å². The highest BCUT2D eigenvalue weighted by Crippen LogP contribution is 2.27. The molecule has 1 aromatic rings. The van der Waals surface area contributed by atoms with Gasteiger partial charge < -0.3 is 15.2 Å². The lowest BCUT2D eigenvalue weighted by molar-refractivity contribution is 0.173. The van der Waals surface area contributed by atoms with Crippen molar-refractivity contribution in [1.29, 1.82) is 0 Å². The number of hydrogen-bond donors (Lipinski definition) is 2. The zero-order chi connectivity index (χ0) is 12.8. The molecule has 1 aromatic carbocycles. The molecule has 1 atom stereocenters. The minimum atomic E-state index is -0.542. The van der Waals surface area contributed by atoms with Gasteiger partial charge in [0.15, 0.2) is 0 Å². The third-order valence-corrected chi connectivity index (χ3v) is 2.76. The fraction of sp³-hybridized carbons (Fsp3) is 0.538. The highest BCUT2D eigenvalue weighted by atomic mass is 35.5. The van der Waals surface area contributed by atoms with Crippen LogP contribution < -0.4 is 10.1 Å². The third kappa shape index (κ3) is 4.54. The van der Waals surface area contributed by atoms with Crippen LogP contribution in [0, 0.1) is 5.92 Å². The summed E-state index contributed by atoms with van der Waals surface area (Å²) < 4.78 is 5.12. The summed E-state index contributed by atoms with van der Waals surface area (Å²) in [5.41, 5.74) is 0.808. The molecule has 0 bridgehead atoms. The Morgan fingerprint density at radius 3 is 2.65 bits per heavy atom. The molecule has 96 valence electrons. The van der Waals surface area contributed by atoms with E-state index in [-0.39, 0.29) is 0 Å². The van der Waals surface area contributed by atoms with Gasteiger partial charge in [-0.1, -0.05) is 31.5 Å². The van der Waals surface area contributed by atoms with Gasteiger partial charge in [-0.3, -0.25) is 0 Å². The number of benzene rings is 1. The van der Waals surface area contributed by atoms with Crippen LogP contribution in [-0.2, 0) is 0 Å². The predicted molar refractivity (Wildman–Crippen MR) is 70.7 cm³/mol. The Hall–Kier alpha value is -0.770. The summed E-state index contributed by atoms with van der Waals surface area (Å²) in [6, 6.07) is 5.32. The molecule has 3 nitrogen and oxygen atoms in total. The summed E-state index contributed by atoms with van der Waals surface area (Å²) >= 11 is 5.92. The van der Waals surface area contributed by atoms with Crippen LogP contribution in [0.2, 0.25) is 5.02 Å². The average molecular weight is 258 g/mol. The fourth-order valence-electron chi connectivity index (χ4n) is 1.51. The van der Waals surface area contributed by atoms with Crippen LogP contribution in [0.15, 0.2) is 18.2 Å². The molecule has 0 radical (unpaired) electrons. The number of nitrogens with one attached hydrogen (secondary N) is 1.